The van der Waals surface area contributed by atoms with Gasteiger partial charge in [0.2, 0.25) is 0 Å². The first-order valence-corrected chi connectivity index (χ1v) is 5.22. The van der Waals surface area contributed by atoms with Gasteiger partial charge in [-0.2, -0.15) is 0 Å². The number of halogens is 1. The molecule has 0 unspecified atom stereocenters. The third-order valence-corrected chi connectivity index (χ3v) is 2.97. The second kappa shape index (κ2) is 3.09. The van der Waals surface area contributed by atoms with Crippen molar-refractivity contribution in [1.82, 2.24) is 0 Å². The maximum absolute atomic E-state index is 11.7. The summed E-state index contributed by atoms with van der Waals surface area (Å²) in [5.41, 5.74) is 1.24. The molecule has 2 nitrogen and oxygen atoms in total. The predicted molar refractivity (Wildman–Crippen MR) is 64.0 cm³/mol. The quantitative estimate of drug-likeness (QED) is 0.753. The number of carbonyl (C=O) groups excluding carboxylic acids is 1. The Labute approximate surface area is 96.8 Å². The molecule has 0 saturated carbocycles. The summed E-state index contributed by atoms with van der Waals surface area (Å²) in [4.78, 5) is 11.7. The van der Waals surface area contributed by atoms with Crippen molar-refractivity contribution in [3.8, 4) is 5.75 Å². The average Bonchev–Trinajstić information content (AvgIpc) is 2.25. The van der Waals surface area contributed by atoms with Crippen LogP contribution in [-0.2, 0) is 0 Å². The molecule has 0 heterocycles. The van der Waals surface area contributed by atoms with Gasteiger partial charge in [-0.05, 0) is 35.2 Å². The highest BCUT2D eigenvalue weighted by molar-refractivity contribution is 6.32. The maximum Gasteiger partial charge on any atom is 0.190 e. The van der Waals surface area contributed by atoms with Gasteiger partial charge in [0.05, 0.1) is 5.56 Å². The van der Waals surface area contributed by atoms with Crippen molar-refractivity contribution >= 4 is 34.2 Å². The molecule has 1 aliphatic carbocycles. The van der Waals surface area contributed by atoms with E-state index in [-0.39, 0.29) is 11.5 Å². The van der Waals surface area contributed by atoms with Gasteiger partial charge >= 0.3 is 0 Å². The van der Waals surface area contributed by atoms with Crippen LogP contribution >= 0.6 is 11.6 Å². The first-order valence-electron chi connectivity index (χ1n) is 4.84. The van der Waals surface area contributed by atoms with Crippen molar-refractivity contribution in [2.75, 3.05) is 0 Å². The zero-order valence-electron chi connectivity index (χ0n) is 8.20. The number of aromatic hydroxyl groups is 1. The molecule has 0 bridgehead atoms. The third kappa shape index (κ3) is 1.17. The highest BCUT2D eigenvalue weighted by Crippen LogP contribution is 2.35. The lowest BCUT2D eigenvalue weighted by molar-refractivity contribution is 0.104. The Morgan fingerprint density at radius 1 is 1.12 bits per heavy atom. The van der Waals surface area contributed by atoms with Crippen molar-refractivity contribution in [2.24, 2.45) is 0 Å². The minimum atomic E-state index is -0.169. The van der Waals surface area contributed by atoms with E-state index < -0.39 is 0 Å². The van der Waals surface area contributed by atoms with Crippen molar-refractivity contribution in [3.05, 3.63) is 46.5 Å². The second-order valence-corrected chi connectivity index (χ2v) is 4.19. The van der Waals surface area contributed by atoms with E-state index in [2.05, 4.69) is 0 Å². The molecular formula is C13H7ClO2. The number of phenols is 1. The molecule has 78 valence electrons. The van der Waals surface area contributed by atoms with Gasteiger partial charge in [-0.25, -0.2) is 0 Å². The first-order chi connectivity index (χ1) is 7.66. The molecule has 1 N–H and O–H groups in total. The fourth-order valence-electron chi connectivity index (χ4n) is 2.08. The van der Waals surface area contributed by atoms with Gasteiger partial charge in [-0.15, -0.1) is 0 Å². The van der Waals surface area contributed by atoms with Gasteiger partial charge in [-0.3, -0.25) is 4.79 Å². The minimum absolute atomic E-state index is 0.0189. The normalized spacial score (nSPS) is 13.4. The molecule has 0 radical (unpaired) electrons. The maximum atomic E-state index is 11.7. The van der Waals surface area contributed by atoms with Gasteiger partial charge in [0, 0.05) is 10.4 Å². The first kappa shape index (κ1) is 9.43. The highest BCUT2D eigenvalue weighted by Gasteiger charge is 2.19. The van der Waals surface area contributed by atoms with Gasteiger partial charge < -0.3 is 5.11 Å². The number of ketones is 1. The van der Waals surface area contributed by atoms with Crippen molar-refractivity contribution in [2.45, 2.75) is 0 Å². The van der Waals surface area contributed by atoms with E-state index in [4.69, 9.17) is 11.6 Å². The Bertz CT molecular complexity index is 657. The number of hydrogen-bond acceptors (Lipinski definition) is 2. The van der Waals surface area contributed by atoms with Crippen LogP contribution < -0.4 is 0 Å². The molecule has 0 spiro atoms. The number of allylic oxidation sites excluding steroid dienone is 1. The van der Waals surface area contributed by atoms with Crippen LogP contribution in [0.3, 0.4) is 0 Å². The molecule has 2 aromatic rings. The number of phenolic OH excluding ortho intramolecular Hbond substituents is 1. The molecule has 3 heteroatoms. The molecular weight excluding hydrogens is 224 g/mol. The highest BCUT2D eigenvalue weighted by atomic mass is 35.5. The lowest BCUT2D eigenvalue weighted by Crippen LogP contribution is -2.02. The summed E-state index contributed by atoms with van der Waals surface area (Å²) in [6.07, 6.45) is 3.18. The van der Waals surface area contributed by atoms with Gasteiger partial charge in [0.1, 0.15) is 5.75 Å². The molecule has 2 aromatic carbocycles. The fourth-order valence-corrected chi connectivity index (χ4v) is 2.31. The Balaban J connectivity index is 2.58. The van der Waals surface area contributed by atoms with Crippen LogP contribution in [0.25, 0.3) is 16.8 Å². The van der Waals surface area contributed by atoms with Crippen molar-refractivity contribution < 1.29 is 9.90 Å². The summed E-state index contributed by atoms with van der Waals surface area (Å²) in [6.45, 7) is 0. The van der Waals surface area contributed by atoms with Gasteiger partial charge in [0.15, 0.2) is 5.78 Å². The molecule has 0 atom stereocenters. The summed E-state index contributed by atoms with van der Waals surface area (Å²) in [5.74, 6) is -0.150. The van der Waals surface area contributed by atoms with Crippen LogP contribution in [-0.4, -0.2) is 10.9 Å². The second-order valence-electron chi connectivity index (χ2n) is 3.75. The number of carbonyl (C=O) groups is 1. The Morgan fingerprint density at radius 2 is 1.94 bits per heavy atom. The number of rotatable bonds is 0. The van der Waals surface area contributed by atoms with Crippen LogP contribution in [0.4, 0.5) is 0 Å². The van der Waals surface area contributed by atoms with Gasteiger partial charge in [-0.1, -0.05) is 23.7 Å². The lowest BCUT2D eigenvalue weighted by atomic mass is 9.92. The zero-order valence-corrected chi connectivity index (χ0v) is 8.95. The van der Waals surface area contributed by atoms with E-state index in [1.54, 1.807) is 24.3 Å². The van der Waals surface area contributed by atoms with Crippen LogP contribution in [0.15, 0.2) is 30.3 Å². The summed E-state index contributed by atoms with van der Waals surface area (Å²) < 4.78 is 0. The topological polar surface area (TPSA) is 37.3 Å². The monoisotopic (exact) mass is 230 g/mol. The molecule has 1 aliphatic rings. The fraction of sp³-hybridized carbons (Fsp3) is 0. The molecule has 0 fully saturated rings. The van der Waals surface area contributed by atoms with Crippen LogP contribution in [0.2, 0.25) is 5.02 Å². The zero-order chi connectivity index (χ0) is 11.3. The van der Waals surface area contributed by atoms with Crippen LogP contribution in [0, 0.1) is 0 Å². The average molecular weight is 231 g/mol. The summed E-state index contributed by atoms with van der Waals surface area (Å²) in [6, 6.07) is 6.86. The Morgan fingerprint density at radius 3 is 2.75 bits per heavy atom. The molecule has 0 saturated heterocycles. The van der Waals surface area contributed by atoms with Crippen LogP contribution in [0.5, 0.6) is 5.75 Å². The Hall–Kier alpha value is -1.80. The summed E-state index contributed by atoms with van der Waals surface area (Å²) in [7, 11) is 0. The van der Waals surface area contributed by atoms with E-state index in [9.17, 15) is 9.90 Å². The summed E-state index contributed by atoms with van der Waals surface area (Å²) >= 11 is 5.97. The van der Waals surface area contributed by atoms with Crippen molar-refractivity contribution in [3.63, 3.8) is 0 Å². The number of hydrogen-bond donors (Lipinski definition) is 1. The Kier molecular flexibility index (Phi) is 1.82. The molecule has 0 amide bonds. The minimum Gasteiger partial charge on any atom is -0.507 e. The van der Waals surface area contributed by atoms with E-state index in [0.717, 1.165) is 16.3 Å². The lowest BCUT2D eigenvalue weighted by Gasteiger charge is -2.13. The molecule has 16 heavy (non-hydrogen) atoms. The van der Waals surface area contributed by atoms with Crippen molar-refractivity contribution in [1.29, 1.82) is 0 Å². The van der Waals surface area contributed by atoms with Crippen LogP contribution in [0.1, 0.15) is 15.9 Å². The van der Waals surface area contributed by atoms with E-state index in [1.165, 1.54) is 12.1 Å². The predicted octanol–water partition coefficient (Wildman–Crippen LogP) is 3.41. The molecule has 3 rings (SSSR count). The molecule has 0 aromatic heterocycles. The van der Waals surface area contributed by atoms with E-state index in [1.807, 2.05) is 0 Å². The summed E-state index contributed by atoms with van der Waals surface area (Å²) in [5, 5.41) is 12.0. The third-order valence-electron chi connectivity index (χ3n) is 2.75. The SMILES string of the molecule is O=C1C=Cc2cc(Cl)cc3ccc(O)c1c23. The van der Waals surface area contributed by atoms with Gasteiger partial charge in [0.25, 0.3) is 0 Å². The molecule has 0 aliphatic heterocycles. The van der Waals surface area contributed by atoms with E-state index >= 15 is 0 Å². The number of benzene rings is 2. The van der Waals surface area contributed by atoms with E-state index in [0.29, 0.717) is 10.6 Å². The standard InChI is InChI=1S/C13H7ClO2/c14-9-5-7-1-3-10(15)13-11(16)4-2-8(6-9)12(7)13/h1-6,15H. The smallest absolute Gasteiger partial charge is 0.190 e. The largest absolute Gasteiger partial charge is 0.507 e.